The number of halogens is 4. The van der Waals surface area contributed by atoms with Gasteiger partial charge in [-0.15, -0.1) is 0 Å². The molecule has 2 aromatic rings. The molecule has 20 nitrogen and oxygen atoms in total. The first-order chi connectivity index (χ1) is 43.2. The van der Waals surface area contributed by atoms with Gasteiger partial charge >= 0.3 is 5.91 Å². The molecule has 5 N–H and O–H groups in total. The number of benzene rings is 2. The lowest BCUT2D eigenvalue weighted by atomic mass is 9.72. The van der Waals surface area contributed by atoms with Crippen LogP contribution >= 0.6 is 0 Å². The van der Waals surface area contributed by atoms with Crippen molar-refractivity contribution >= 4 is 58.6 Å². The predicted molar refractivity (Wildman–Crippen MR) is 329 cm³/mol. The second-order valence-electron chi connectivity index (χ2n) is 28.7. The highest BCUT2D eigenvalue weighted by Crippen LogP contribution is 2.54. The van der Waals surface area contributed by atoms with Crippen molar-refractivity contribution < 1.29 is 69.9 Å². The van der Waals surface area contributed by atoms with Gasteiger partial charge in [-0.3, -0.25) is 43.4 Å². The van der Waals surface area contributed by atoms with Crippen molar-refractivity contribution in [1.29, 1.82) is 0 Å². The SMILES string of the molecule is CO[C@@H](C)C(=O)N[C@@H](C(=O)N1CCN(C)C(C[C@@H]2CN(C(=O)[C@H]3[C@@H](C)c4ccc(c(F)c4)NC(=O)[C@H](C(C4CC4)C4CC4)NC(=O)C4(F)CC(C4)[N+]3(C)C(=O)[C@H](C)OC)CCN2C)C1)[C@@H](C)c1ccc(NC(=O)[C@@H](NC(=O)C2(F)CC2)C(C2CC2)C2CC2)c(F)c1. The van der Waals surface area contributed by atoms with Crippen LogP contribution in [-0.2, 0) is 47.8 Å². The third-order valence-corrected chi connectivity index (χ3v) is 22.5. The van der Waals surface area contributed by atoms with Crippen molar-refractivity contribution in [2.75, 3.05) is 85.3 Å². The van der Waals surface area contributed by atoms with Crippen LogP contribution in [0.25, 0.3) is 0 Å². The Bertz CT molecular complexity index is 3130. The predicted octanol–water partition coefficient (Wildman–Crippen LogP) is 5.55. The van der Waals surface area contributed by atoms with Crippen LogP contribution in [0, 0.1) is 47.1 Å². The number of amides is 8. The molecule has 4 bridgehead atoms. The van der Waals surface area contributed by atoms with E-state index in [-0.39, 0.29) is 98.0 Å². The number of hydrogen-bond acceptors (Lipinski definition) is 12. The number of carbonyl (C=O) groups excluding carboxylic acids is 8. The highest BCUT2D eigenvalue weighted by Gasteiger charge is 2.66. The van der Waals surface area contributed by atoms with E-state index in [2.05, 4.69) is 36.4 Å². The number of anilines is 2. The smallest absolute Gasteiger partial charge is 0.342 e. The molecule has 12 aliphatic rings. The maximum atomic E-state index is 17.4. The Labute approximate surface area is 530 Å². The molecule has 6 aliphatic carbocycles. The Hall–Kier alpha value is -6.08. The average Bonchev–Trinajstić information content (AvgIpc) is 1.70. The highest BCUT2D eigenvalue weighted by molar-refractivity contribution is 6.00. The molecule has 8 amide bonds. The molecule has 2 saturated heterocycles. The first-order valence-electron chi connectivity index (χ1n) is 33.1. The lowest BCUT2D eigenvalue weighted by Crippen LogP contribution is -2.76. The molecule has 6 aliphatic heterocycles. The number of nitrogens with one attached hydrogen (secondary N) is 5. The first kappa shape index (κ1) is 66.4. The van der Waals surface area contributed by atoms with Crippen LogP contribution in [0.3, 0.4) is 0 Å². The zero-order chi connectivity index (χ0) is 65.3. The lowest BCUT2D eigenvalue weighted by molar-refractivity contribution is -0.887. The maximum Gasteiger partial charge on any atom is 0.342 e. The Morgan fingerprint density at radius 3 is 1.86 bits per heavy atom. The zero-order valence-corrected chi connectivity index (χ0v) is 54.0. The molecule has 6 saturated carbocycles. The number of quaternary nitrogens is 1. The van der Waals surface area contributed by atoms with Gasteiger partial charge < -0.3 is 45.9 Å². The Morgan fingerprint density at radius 1 is 0.725 bits per heavy atom. The van der Waals surface area contributed by atoms with Crippen molar-refractivity contribution in [3.63, 3.8) is 0 Å². The van der Waals surface area contributed by atoms with E-state index in [1.165, 1.54) is 38.5 Å². The van der Waals surface area contributed by atoms with Crippen LogP contribution < -0.4 is 26.6 Å². The van der Waals surface area contributed by atoms with Gasteiger partial charge in [-0.05, 0) is 169 Å². The molecule has 2 unspecified atom stereocenters. The summed E-state index contributed by atoms with van der Waals surface area (Å²) in [6.07, 6.45) is 4.77. The molecule has 24 heteroatoms. The summed E-state index contributed by atoms with van der Waals surface area (Å²) in [4.78, 5) is 123. The van der Waals surface area contributed by atoms with Gasteiger partial charge in [-0.2, -0.15) is 0 Å². The topological polar surface area (TPSA) is 228 Å². The highest BCUT2D eigenvalue weighted by atomic mass is 19.2. The molecular weight excluding hydrogens is 1180 g/mol. The number of hydrogen-bond donors (Lipinski definition) is 5. The van der Waals surface area contributed by atoms with Gasteiger partial charge in [-0.1, -0.05) is 26.0 Å². The van der Waals surface area contributed by atoms with E-state index in [4.69, 9.17) is 9.47 Å². The Kier molecular flexibility index (Phi) is 19.0. The summed E-state index contributed by atoms with van der Waals surface area (Å²) in [6.45, 7) is 8.29. The number of likely N-dealkylation sites (N-methyl/N-ethyl adjacent to an activating group) is 3. The largest absolute Gasteiger partial charge is 0.372 e. The summed E-state index contributed by atoms with van der Waals surface area (Å²) in [5, 5.41) is 13.8. The minimum Gasteiger partial charge on any atom is -0.372 e. The van der Waals surface area contributed by atoms with E-state index in [0.29, 0.717) is 30.6 Å². The molecule has 0 radical (unpaired) electrons. The summed E-state index contributed by atoms with van der Waals surface area (Å²) < 4.78 is 75.7. The second kappa shape index (κ2) is 26.0. The van der Waals surface area contributed by atoms with Gasteiger partial charge in [0.2, 0.25) is 23.6 Å². The third-order valence-electron chi connectivity index (χ3n) is 22.5. The van der Waals surface area contributed by atoms with Gasteiger partial charge in [0.05, 0.1) is 18.4 Å². The molecule has 0 aromatic heterocycles. The average molecular weight is 1270 g/mol. The number of piperazine rings is 2. The van der Waals surface area contributed by atoms with E-state index >= 15 is 27.6 Å². The zero-order valence-electron chi connectivity index (χ0n) is 54.0. The van der Waals surface area contributed by atoms with Gasteiger partial charge in [0, 0.05) is 90.2 Å². The number of rotatable bonds is 21. The van der Waals surface area contributed by atoms with Crippen LogP contribution in [0.4, 0.5) is 28.9 Å². The van der Waals surface area contributed by atoms with Gasteiger partial charge in [0.1, 0.15) is 41.9 Å². The molecule has 6 heterocycles. The summed E-state index contributed by atoms with van der Waals surface area (Å²) >= 11 is 0. The molecular formula is C67H93F4N10O10+. The fourth-order valence-corrected chi connectivity index (χ4v) is 15.4. The van der Waals surface area contributed by atoms with Crippen LogP contribution in [0.15, 0.2) is 36.4 Å². The van der Waals surface area contributed by atoms with Crippen molar-refractivity contribution in [3.8, 4) is 0 Å². The van der Waals surface area contributed by atoms with Crippen LogP contribution in [0.5, 0.6) is 0 Å². The Balaban J connectivity index is 0.817. The van der Waals surface area contributed by atoms with E-state index in [9.17, 15) is 28.4 Å². The Morgan fingerprint density at radius 2 is 1.31 bits per heavy atom. The van der Waals surface area contributed by atoms with Crippen LogP contribution in [0.1, 0.15) is 134 Å². The minimum absolute atomic E-state index is 0.0813. The molecule has 8 fully saturated rings. The fourth-order valence-electron chi connectivity index (χ4n) is 15.4. The van der Waals surface area contributed by atoms with Gasteiger partial charge in [-0.25, -0.2) is 26.8 Å². The van der Waals surface area contributed by atoms with Crippen LogP contribution in [-0.4, -0.2) is 212 Å². The minimum atomic E-state index is -2.48. The summed E-state index contributed by atoms with van der Waals surface area (Å²) in [5.41, 5.74) is -4.07. The lowest BCUT2D eigenvalue weighted by Gasteiger charge is -2.54. The fraction of sp³-hybridized carbons (Fsp3) is 0.701. The normalized spacial score (nSPS) is 30.4. The monoisotopic (exact) mass is 1270 g/mol. The number of alkyl halides is 2. The summed E-state index contributed by atoms with van der Waals surface area (Å²) in [5.74, 6) is -8.01. The molecule has 0 spiro atoms. The van der Waals surface area contributed by atoms with Crippen molar-refractivity contribution in [2.45, 2.75) is 189 Å². The van der Waals surface area contributed by atoms with Gasteiger partial charge in [0.25, 0.3) is 17.7 Å². The molecule has 14 rings (SSSR count). The van der Waals surface area contributed by atoms with Crippen LogP contribution in [0.2, 0.25) is 0 Å². The van der Waals surface area contributed by atoms with Crippen molar-refractivity contribution in [1.82, 2.24) is 35.6 Å². The summed E-state index contributed by atoms with van der Waals surface area (Å²) in [6, 6.07) is 2.36. The van der Waals surface area contributed by atoms with Crippen molar-refractivity contribution in [3.05, 3.63) is 59.2 Å². The second-order valence-corrected chi connectivity index (χ2v) is 28.7. The third kappa shape index (κ3) is 13.7. The summed E-state index contributed by atoms with van der Waals surface area (Å²) in [7, 11) is 8.23. The quantitative estimate of drug-likeness (QED) is 0.0766. The first-order valence-corrected chi connectivity index (χ1v) is 33.1. The number of ether oxygens (including phenoxy) is 2. The maximum absolute atomic E-state index is 17.4. The molecule has 2 aromatic carbocycles. The molecule has 498 valence electrons. The number of methoxy groups -OCH3 is 2. The van der Waals surface area contributed by atoms with Gasteiger partial charge in [0.15, 0.2) is 23.5 Å². The van der Waals surface area contributed by atoms with E-state index in [0.717, 1.165) is 51.4 Å². The number of carbonyl (C=O) groups is 8. The molecule has 11 atom stereocenters. The molecule has 91 heavy (non-hydrogen) atoms. The van der Waals surface area contributed by atoms with Crippen molar-refractivity contribution in [2.24, 2.45) is 35.5 Å². The van der Waals surface area contributed by atoms with E-state index < -0.39 is 142 Å². The van der Waals surface area contributed by atoms with E-state index in [1.807, 2.05) is 14.1 Å². The number of nitrogens with zero attached hydrogens (tertiary/aromatic N) is 5. The standard InChI is InChI=1S/C67H92F4N10O10/c1-35(43-18-20-50(48(68)28-43)72-59(83)55(75-64(88)66(70)22-23-66)52(39-10-11-39)40-12-13-40)54(74-58(82)37(3)90-8)61(85)79-26-24-77(5)45(33-79)30-46-34-80(27-25-78(46)6)62(86)57-36(2)44-19-21-51(49(69)29-44)73-60(84)56(53(41-14-15-41)42-16-17-42)76-65(89)67(71)31-47(32-67)81(57,7)63(87)38(4)91-9/h18-21,28-29,35-42,45-47,52-57H,10-17,22-27,30-34H2,1-9H3,(H4-,72,73,74,75,76,82,83,84,88,89)/p+1/t35-,36-,37-,38-,45?,46+,47?,54+,55-,56-,57+,67?,81?/m0/s1. The van der Waals surface area contributed by atoms with E-state index in [1.54, 1.807) is 56.7 Å².